The van der Waals surface area contributed by atoms with E-state index in [2.05, 4.69) is 12.6 Å². The summed E-state index contributed by atoms with van der Waals surface area (Å²) in [6, 6.07) is 0. The van der Waals surface area contributed by atoms with E-state index >= 15 is 0 Å². The molecular weight excluding hydrogens is 156 g/mol. The van der Waals surface area contributed by atoms with Gasteiger partial charge >= 0.3 is 0 Å². The minimum Gasteiger partial charge on any atom is -0.742 e. The molecule has 0 saturated carbocycles. The molecule has 0 saturated heterocycles. The Labute approximate surface area is 64.4 Å². The van der Waals surface area contributed by atoms with Gasteiger partial charge < -0.3 is 39.6 Å². The van der Waals surface area contributed by atoms with Crippen LogP contribution >= 0.6 is 0 Å². The van der Waals surface area contributed by atoms with E-state index in [1.54, 1.807) is 0 Å². The van der Waals surface area contributed by atoms with Crippen LogP contribution in [0.3, 0.4) is 0 Å². The van der Waals surface area contributed by atoms with E-state index in [9.17, 15) is 14.7 Å². The third-order valence-corrected chi connectivity index (χ3v) is 0.737. The van der Waals surface area contributed by atoms with Crippen LogP contribution in [-0.4, -0.2) is 11.1 Å². The van der Waals surface area contributed by atoms with Crippen LogP contribution in [0.5, 0.6) is 0 Å². The average molecular weight is 168 g/mol. The summed E-state index contributed by atoms with van der Waals surface area (Å²) >= 11 is 4.07. The van der Waals surface area contributed by atoms with Crippen LogP contribution in [0.1, 0.15) is 12.8 Å². The number of carbonyl (C=O) groups is 2. The lowest BCUT2D eigenvalue weighted by molar-refractivity contribution is -0.305. The average Bonchev–Trinajstić information content (AvgIpc) is 1.61. The third kappa shape index (κ3) is 15.7. The summed E-state index contributed by atoms with van der Waals surface area (Å²) < 4.78 is 0. The highest BCUT2D eigenvalue weighted by Gasteiger charge is 1.84. The van der Waals surface area contributed by atoms with E-state index in [-0.39, 0.29) is 25.1 Å². The highest BCUT2D eigenvalue weighted by atomic mass is 32.1. The van der Waals surface area contributed by atoms with Gasteiger partial charge in [0.25, 0.3) is 0 Å². The molecule has 0 heterocycles. The van der Waals surface area contributed by atoms with Crippen LogP contribution in [-0.2, 0) is 22.2 Å². The molecule has 0 spiro atoms. The number of hydrogen-bond acceptors (Lipinski definition) is 4. The van der Waals surface area contributed by atoms with Crippen LogP contribution in [0.15, 0.2) is 0 Å². The summed E-state index contributed by atoms with van der Waals surface area (Å²) in [4.78, 5) is 19.5. The van der Waals surface area contributed by atoms with Crippen molar-refractivity contribution in [2.24, 2.45) is 0 Å². The standard InChI is InChI=1S/C4H6O3S.2H3N/c5-3(6)1-2-4(7)8;;/h1-2H2,(H,5,6)(H,7,8);2*1H3. The Kier molecular flexibility index (Phi) is 13.4. The second-order valence-corrected chi connectivity index (χ2v) is 1.70. The van der Waals surface area contributed by atoms with E-state index in [0.29, 0.717) is 0 Å². The minimum atomic E-state index is -1.23. The van der Waals surface area contributed by atoms with Crippen molar-refractivity contribution in [3.63, 3.8) is 0 Å². The highest BCUT2D eigenvalue weighted by molar-refractivity contribution is 7.77. The lowest BCUT2D eigenvalue weighted by Crippen LogP contribution is -2.22. The molecule has 6 heteroatoms. The van der Waals surface area contributed by atoms with Crippen molar-refractivity contribution in [2.45, 2.75) is 12.8 Å². The number of quaternary nitrogens is 2. The van der Waals surface area contributed by atoms with Crippen molar-refractivity contribution >= 4 is 23.7 Å². The maximum Gasteiger partial charge on any atom is 0.0418 e. The lowest BCUT2D eigenvalue weighted by atomic mass is 10.3. The van der Waals surface area contributed by atoms with Gasteiger partial charge in [-0.25, -0.2) is 0 Å². The van der Waals surface area contributed by atoms with Crippen LogP contribution in [0.2, 0.25) is 0 Å². The number of carbonyl (C=O) groups excluding carboxylic acids is 2. The predicted molar refractivity (Wildman–Crippen MR) is 38.6 cm³/mol. The van der Waals surface area contributed by atoms with Gasteiger partial charge in [-0.1, -0.05) is 0 Å². The number of aliphatic carboxylic acids is 1. The first-order chi connectivity index (χ1) is 3.63. The summed E-state index contributed by atoms with van der Waals surface area (Å²) in [6.45, 7) is 0. The molecule has 0 aromatic heterocycles. The molecule has 0 radical (unpaired) electrons. The zero-order valence-corrected chi connectivity index (χ0v) is 6.86. The fourth-order valence-corrected chi connectivity index (χ4v) is 0.306. The van der Waals surface area contributed by atoms with Gasteiger partial charge in [-0.15, -0.1) is 0 Å². The normalized spacial score (nSPS) is 6.80. The van der Waals surface area contributed by atoms with Crippen molar-refractivity contribution < 1.29 is 14.7 Å². The Hall–Kier alpha value is -0.720. The molecule has 0 fully saturated rings. The second kappa shape index (κ2) is 8.28. The molecule has 0 unspecified atom stereocenters. The molecule has 0 rings (SSSR count). The van der Waals surface area contributed by atoms with Crippen molar-refractivity contribution in [1.29, 1.82) is 0 Å². The first-order valence-corrected chi connectivity index (χ1v) is 2.43. The zero-order chi connectivity index (χ0) is 6.57. The summed E-state index contributed by atoms with van der Waals surface area (Å²) in [5.74, 6) is -1.23. The quantitative estimate of drug-likeness (QED) is 0.541. The molecule has 0 aromatic rings. The largest absolute Gasteiger partial charge is 0.742 e. The molecule has 0 bridgehead atoms. The van der Waals surface area contributed by atoms with Crippen molar-refractivity contribution in [1.82, 2.24) is 12.3 Å². The molecule has 0 aliphatic carbocycles. The van der Waals surface area contributed by atoms with Gasteiger partial charge in [-0.3, -0.25) is 0 Å². The lowest BCUT2D eigenvalue weighted by Gasteiger charge is -2.02. The molecule has 0 aliphatic heterocycles. The van der Waals surface area contributed by atoms with Crippen LogP contribution in [0.25, 0.3) is 0 Å². The van der Waals surface area contributed by atoms with Crippen molar-refractivity contribution in [2.75, 3.05) is 0 Å². The Bertz CT molecular complexity index is 103. The van der Waals surface area contributed by atoms with E-state index in [1.165, 1.54) is 0 Å². The molecule has 0 aromatic carbocycles. The van der Waals surface area contributed by atoms with Crippen LogP contribution < -0.4 is 17.4 Å². The molecule has 8 N–H and O–H groups in total. The Morgan fingerprint density at radius 2 is 1.60 bits per heavy atom. The summed E-state index contributed by atoms with van der Waals surface area (Å²) in [5.41, 5.74) is 0. The van der Waals surface area contributed by atoms with Gasteiger partial charge in [0.15, 0.2) is 0 Å². The highest BCUT2D eigenvalue weighted by Crippen LogP contribution is 1.85. The maximum atomic E-state index is 9.87. The molecule has 0 amide bonds. The van der Waals surface area contributed by atoms with Gasteiger partial charge in [0.1, 0.15) is 0 Å². The zero-order valence-electron chi connectivity index (χ0n) is 6.05. The van der Waals surface area contributed by atoms with Crippen LogP contribution in [0, 0.1) is 0 Å². The molecule has 10 heavy (non-hydrogen) atoms. The molecule has 5 nitrogen and oxygen atoms in total. The van der Waals surface area contributed by atoms with E-state index in [1.807, 2.05) is 0 Å². The summed E-state index contributed by atoms with van der Waals surface area (Å²) in [5, 5.41) is 9.06. The van der Waals surface area contributed by atoms with Crippen molar-refractivity contribution in [3.05, 3.63) is 0 Å². The Balaban J connectivity index is -0.000000245. The molecule has 0 aliphatic rings. The fraction of sp³-hybridized carbons (Fsp3) is 0.500. The summed E-state index contributed by atoms with van der Waals surface area (Å²) in [6.07, 6.45) is -0.361. The second-order valence-electron chi connectivity index (χ2n) is 1.24. The molecule has 0 atom stereocenters. The third-order valence-electron chi connectivity index (χ3n) is 0.533. The monoisotopic (exact) mass is 168 g/mol. The Morgan fingerprint density at radius 3 is 1.70 bits per heavy atom. The number of rotatable bonds is 3. The topological polar surface area (TPSA) is 130 Å². The van der Waals surface area contributed by atoms with Gasteiger partial charge in [0.2, 0.25) is 0 Å². The maximum absolute atomic E-state index is 9.87. The SMILES string of the molecule is O=C([O-])CCC(=O)[S-].[NH4+].[NH4+]. The van der Waals surface area contributed by atoms with Gasteiger partial charge in [-0.2, -0.15) is 0 Å². The molecule has 62 valence electrons. The van der Waals surface area contributed by atoms with Crippen molar-refractivity contribution in [3.8, 4) is 0 Å². The predicted octanol–water partition coefficient (Wildman–Crippen LogP) is -0.658. The smallest absolute Gasteiger partial charge is 0.0418 e. The van der Waals surface area contributed by atoms with E-state index in [0.717, 1.165) is 0 Å². The Morgan fingerprint density at radius 1 is 1.20 bits per heavy atom. The van der Waals surface area contributed by atoms with E-state index in [4.69, 9.17) is 0 Å². The minimum absolute atomic E-state index is 0. The van der Waals surface area contributed by atoms with Gasteiger partial charge in [0, 0.05) is 11.1 Å². The number of carboxylic acids is 1. The van der Waals surface area contributed by atoms with Gasteiger partial charge in [-0.05, 0) is 12.8 Å². The first kappa shape index (κ1) is 16.1. The van der Waals surface area contributed by atoms with E-state index < -0.39 is 11.1 Å². The number of hydrogen-bond donors (Lipinski definition) is 2. The fourth-order valence-electron chi connectivity index (χ4n) is 0.204. The number of carboxylic acid groups (broad SMARTS) is 1. The molecular formula is C4H12N2O3S. The summed E-state index contributed by atoms with van der Waals surface area (Å²) in [7, 11) is 0. The first-order valence-electron chi connectivity index (χ1n) is 2.02. The van der Waals surface area contributed by atoms with Crippen LogP contribution in [0.4, 0.5) is 0 Å². The van der Waals surface area contributed by atoms with Gasteiger partial charge in [0.05, 0.1) is 0 Å².